The zero-order valence-corrected chi connectivity index (χ0v) is 22.4. The van der Waals surface area contributed by atoms with E-state index in [4.69, 9.17) is 31.2 Å². The van der Waals surface area contributed by atoms with Gasteiger partial charge in [-0.2, -0.15) is 0 Å². The third kappa shape index (κ3) is 7.92. The molecule has 1 heterocycles. The predicted octanol–water partition coefficient (Wildman–Crippen LogP) is 6.36. The van der Waals surface area contributed by atoms with Gasteiger partial charge in [0.25, 0.3) is 5.91 Å². The fourth-order valence-electron chi connectivity index (χ4n) is 3.19. The number of thioether (sulfide) groups is 1. The molecule has 2 aromatic carbocycles. The summed E-state index contributed by atoms with van der Waals surface area (Å²) >= 11 is 9.80. The molecule has 0 spiro atoms. The molecule has 1 fully saturated rings. The largest absolute Gasteiger partial charge is 0.494 e. The molecule has 0 saturated carbocycles. The summed E-state index contributed by atoms with van der Waals surface area (Å²) in [5, 5.41) is 2.61. The van der Waals surface area contributed by atoms with Crippen LogP contribution in [0.2, 0.25) is 0 Å². The van der Waals surface area contributed by atoms with Gasteiger partial charge in [0, 0.05) is 0 Å². The number of amides is 1. The van der Waals surface area contributed by atoms with Crippen LogP contribution in [0, 0.1) is 0 Å². The number of nitrogens with one attached hydrogen (secondary N) is 1. The summed E-state index contributed by atoms with van der Waals surface area (Å²) in [4.78, 5) is 12.4. The number of carbonyl (C=O) groups excluding carboxylic acids is 1. The Bertz CT molecular complexity index is 1030. The number of ether oxygens (including phenoxy) is 4. The van der Waals surface area contributed by atoms with E-state index in [1.807, 2.05) is 36.4 Å². The second-order valence-electron chi connectivity index (χ2n) is 7.46. The predicted molar refractivity (Wildman–Crippen MR) is 144 cm³/mol. The number of rotatable bonds is 13. The summed E-state index contributed by atoms with van der Waals surface area (Å²) in [5.41, 5.74) is 0.794. The van der Waals surface area contributed by atoms with Gasteiger partial charge in [-0.3, -0.25) is 4.79 Å². The van der Waals surface area contributed by atoms with Crippen LogP contribution in [0.5, 0.6) is 23.0 Å². The number of hydrogen-bond acceptors (Lipinski definition) is 7. The van der Waals surface area contributed by atoms with Crippen molar-refractivity contribution >= 4 is 56.2 Å². The Balaban J connectivity index is 1.49. The van der Waals surface area contributed by atoms with E-state index >= 15 is 0 Å². The van der Waals surface area contributed by atoms with Gasteiger partial charge in [0.05, 0.1) is 23.1 Å². The summed E-state index contributed by atoms with van der Waals surface area (Å²) in [7, 11) is 1.57. The van der Waals surface area contributed by atoms with E-state index in [1.54, 1.807) is 13.2 Å². The zero-order valence-electron chi connectivity index (χ0n) is 19.2. The van der Waals surface area contributed by atoms with E-state index in [0.717, 1.165) is 30.1 Å². The van der Waals surface area contributed by atoms with Crippen LogP contribution < -0.4 is 24.3 Å². The summed E-state index contributed by atoms with van der Waals surface area (Å²) in [6, 6.07) is 11.3. The van der Waals surface area contributed by atoms with Crippen LogP contribution >= 0.6 is 39.9 Å². The molecule has 1 saturated heterocycles. The molecular formula is C25H28BrNO5S2. The minimum absolute atomic E-state index is 0.200. The Morgan fingerprint density at radius 1 is 1.00 bits per heavy atom. The maximum atomic E-state index is 11.9. The minimum atomic E-state index is -0.200. The van der Waals surface area contributed by atoms with E-state index in [9.17, 15) is 4.79 Å². The van der Waals surface area contributed by atoms with E-state index in [2.05, 4.69) is 28.2 Å². The van der Waals surface area contributed by atoms with Gasteiger partial charge in [-0.1, -0.05) is 50.2 Å². The Labute approximate surface area is 218 Å². The van der Waals surface area contributed by atoms with Crippen molar-refractivity contribution in [2.24, 2.45) is 0 Å². The first-order valence-electron chi connectivity index (χ1n) is 11.1. The average Bonchev–Trinajstić information content (AvgIpc) is 3.14. The van der Waals surface area contributed by atoms with Crippen molar-refractivity contribution in [3.63, 3.8) is 0 Å². The van der Waals surface area contributed by atoms with Crippen molar-refractivity contribution in [3.8, 4) is 23.0 Å². The lowest BCUT2D eigenvalue weighted by atomic mass is 10.2. The molecule has 1 amide bonds. The van der Waals surface area contributed by atoms with Crippen LogP contribution in [0.25, 0.3) is 6.08 Å². The maximum Gasteiger partial charge on any atom is 0.263 e. The molecule has 0 unspecified atom stereocenters. The molecule has 1 aliphatic rings. The number of halogens is 1. The van der Waals surface area contributed by atoms with Gasteiger partial charge in [0.1, 0.15) is 29.0 Å². The molecular weight excluding hydrogens is 538 g/mol. The lowest BCUT2D eigenvalue weighted by Gasteiger charge is -2.14. The monoisotopic (exact) mass is 565 g/mol. The highest BCUT2D eigenvalue weighted by atomic mass is 79.9. The number of carbonyl (C=O) groups is 1. The highest BCUT2D eigenvalue weighted by Crippen LogP contribution is 2.38. The quantitative estimate of drug-likeness (QED) is 0.172. The minimum Gasteiger partial charge on any atom is -0.494 e. The van der Waals surface area contributed by atoms with Gasteiger partial charge in [-0.15, -0.1) is 0 Å². The van der Waals surface area contributed by atoms with Crippen LogP contribution in [-0.2, 0) is 4.79 Å². The Morgan fingerprint density at radius 2 is 1.68 bits per heavy atom. The van der Waals surface area contributed by atoms with E-state index in [0.29, 0.717) is 38.4 Å². The molecule has 9 heteroatoms. The van der Waals surface area contributed by atoms with Gasteiger partial charge in [0.2, 0.25) is 0 Å². The molecule has 0 atom stereocenters. The molecule has 34 heavy (non-hydrogen) atoms. The van der Waals surface area contributed by atoms with Crippen LogP contribution in [0.3, 0.4) is 0 Å². The number of unbranched alkanes of at least 4 members (excludes halogenated alkanes) is 3. The van der Waals surface area contributed by atoms with Crippen molar-refractivity contribution in [3.05, 3.63) is 51.3 Å². The molecule has 6 nitrogen and oxygen atoms in total. The van der Waals surface area contributed by atoms with Crippen LogP contribution in [0.1, 0.15) is 38.2 Å². The average molecular weight is 567 g/mol. The third-order valence-corrected chi connectivity index (χ3v) is 6.63. The van der Waals surface area contributed by atoms with Crippen molar-refractivity contribution in [2.45, 2.75) is 32.6 Å². The van der Waals surface area contributed by atoms with Crippen LogP contribution in [-0.4, -0.2) is 37.2 Å². The molecule has 1 N–H and O–H groups in total. The first-order valence-corrected chi connectivity index (χ1v) is 13.1. The SMILES string of the molecule is CCCCCCOc1ccc(OCCOc2c(Br)cc(/C=C3/SC(=S)NC3=O)cc2OC)cc1. The highest BCUT2D eigenvalue weighted by molar-refractivity contribution is 9.10. The Kier molecular flexibility index (Phi) is 10.6. The molecule has 182 valence electrons. The van der Waals surface area contributed by atoms with E-state index in [1.165, 1.54) is 31.0 Å². The number of benzene rings is 2. The molecule has 3 rings (SSSR count). The normalized spacial score (nSPS) is 14.3. The molecule has 0 radical (unpaired) electrons. The molecule has 1 aliphatic heterocycles. The first kappa shape index (κ1) is 26.4. The summed E-state index contributed by atoms with van der Waals surface area (Å²) in [5.74, 6) is 2.51. The molecule has 0 bridgehead atoms. The number of methoxy groups -OCH3 is 1. The Hall–Kier alpha value is -2.23. The van der Waals surface area contributed by atoms with Gasteiger partial charge >= 0.3 is 0 Å². The highest BCUT2D eigenvalue weighted by Gasteiger charge is 2.22. The smallest absolute Gasteiger partial charge is 0.263 e. The summed E-state index contributed by atoms with van der Waals surface area (Å²) in [6.45, 7) is 3.63. The van der Waals surface area contributed by atoms with Crippen molar-refractivity contribution < 1.29 is 23.7 Å². The van der Waals surface area contributed by atoms with E-state index in [-0.39, 0.29) is 5.91 Å². The zero-order chi connectivity index (χ0) is 24.3. The summed E-state index contributed by atoms with van der Waals surface area (Å²) < 4.78 is 24.1. The maximum absolute atomic E-state index is 11.9. The van der Waals surface area contributed by atoms with Gasteiger partial charge in [-0.25, -0.2) is 0 Å². The summed E-state index contributed by atoms with van der Waals surface area (Å²) in [6.07, 6.45) is 6.50. The topological polar surface area (TPSA) is 66.0 Å². The van der Waals surface area contributed by atoms with Crippen molar-refractivity contribution in [2.75, 3.05) is 26.9 Å². The van der Waals surface area contributed by atoms with Crippen LogP contribution in [0.4, 0.5) is 0 Å². The van der Waals surface area contributed by atoms with Crippen molar-refractivity contribution in [1.29, 1.82) is 0 Å². The number of hydrogen-bond donors (Lipinski definition) is 1. The Morgan fingerprint density at radius 3 is 2.29 bits per heavy atom. The fourth-order valence-corrected chi connectivity index (χ4v) is 4.81. The fraction of sp³-hybridized carbons (Fsp3) is 0.360. The van der Waals surface area contributed by atoms with Crippen molar-refractivity contribution in [1.82, 2.24) is 5.32 Å². The standard InChI is InChI=1S/C25H28BrNO5S2/c1-3-4-5-6-11-30-18-7-9-19(10-8-18)31-12-13-32-23-20(26)14-17(15-21(23)29-2)16-22-24(28)27-25(33)34-22/h7-10,14-16H,3-6,11-13H2,1-2H3,(H,27,28,33)/b22-16+. The van der Waals surface area contributed by atoms with Gasteiger partial charge < -0.3 is 24.3 Å². The van der Waals surface area contributed by atoms with Crippen LogP contribution in [0.15, 0.2) is 45.8 Å². The second-order valence-corrected chi connectivity index (χ2v) is 10.0. The second kappa shape index (κ2) is 13.6. The molecule has 0 aliphatic carbocycles. The third-order valence-electron chi connectivity index (χ3n) is 4.88. The first-order chi connectivity index (χ1) is 16.5. The lowest BCUT2D eigenvalue weighted by molar-refractivity contribution is -0.115. The molecule has 0 aromatic heterocycles. The lowest BCUT2D eigenvalue weighted by Crippen LogP contribution is -2.17. The molecule has 2 aromatic rings. The van der Waals surface area contributed by atoms with Gasteiger partial charge in [0.15, 0.2) is 11.5 Å². The van der Waals surface area contributed by atoms with E-state index < -0.39 is 0 Å². The number of thiocarbonyl (C=S) groups is 1. The van der Waals surface area contributed by atoms with Gasteiger partial charge in [-0.05, 0) is 70.4 Å².